The van der Waals surface area contributed by atoms with Gasteiger partial charge in [0.1, 0.15) is 11.5 Å². The number of nitrogens with zero attached hydrogens (tertiary/aromatic N) is 1. The molecule has 0 bridgehead atoms. The van der Waals surface area contributed by atoms with E-state index in [-0.39, 0.29) is 0 Å². The Balaban J connectivity index is 2.47. The Morgan fingerprint density at radius 2 is 2.42 bits per heavy atom. The molecule has 1 aromatic rings. The second kappa shape index (κ2) is 4.04. The maximum atomic E-state index is 10.2. The molecule has 0 aliphatic rings. The normalized spacial score (nSPS) is 10.6. The summed E-state index contributed by atoms with van der Waals surface area (Å²) in [4.78, 5) is 10.2. The molecule has 0 N–H and O–H groups in total. The van der Waals surface area contributed by atoms with Gasteiger partial charge in [-0.15, -0.1) is 0 Å². The van der Waals surface area contributed by atoms with Gasteiger partial charge in [0.2, 0.25) is 0 Å². The van der Waals surface area contributed by atoms with Crippen molar-refractivity contribution < 1.29 is 9.32 Å². The summed E-state index contributed by atoms with van der Waals surface area (Å²) in [6.45, 7) is 4.30. The van der Waals surface area contributed by atoms with Crippen molar-refractivity contribution in [1.82, 2.24) is 5.16 Å². The van der Waals surface area contributed by atoms with Crippen LogP contribution in [0.4, 0.5) is 0 Å². The van der Waals surface area contributed by atoms with E-state index in [4.69, 9.17) is 4.52 Å². The van der Waals surface area contributed by atoms with Gasteiger partial charge in [-0.2, -0.15) is 0 Å². The number of aryl methyl sites for hydroxylation is 1. The van der Waals surface area contributed by atoms with Crippen LogP contribution in [-0.2, 0) is 6.42 Å². The third kappa shape index (κ3) is 2.49. The van der Waals surface area contributed by atoms with Crippen molar-refractivity contribution in [3.05, 3.63) is 17.5 Å². The molecule has 0 aliphatic carbocycles. The van der Waals surface area contributed by atoms with Crippen molar-refractivity contribution in [1.29, 1.82) is 0 Å². The largest absolute Gasteiger partial charge is 0.361 e. The lowest BCUT2D eigenvalue weighted by Crippen LogP contribution is -1.89. The molecule has 0 aromatic carbocycles. The third-order valence-corrected chi connectivity index (χ3v) is 1.67. The number of carbonyl (C=O) groups excluding carboxylic acids is 1. The van der Waals surface area contributed by atoms with Crippen LogP contribution in [-0.4, -0.2) is 11.4 Å². The molecule has 0 fully saturated rings. The highest BCUT2D eigenvalue weighted by Crippen LogP contribution is 2.09. The van der Waals surface area contributed by atoms with Gasteiger partial charge in [0.15, 0.2) is 6.29 Å². The lowest BCUT2D eigenvalue weighted by atomic mass is 10.1. The van der Waals surface area contributed by atoms with Gasteiger partial charge in [-0.05, 0) is 12.3 Å². The van der Waals surface area contributed by atoms with E-state index < -0.39 is 0 Å². The van der Waals surface area contributed by atoms with Gasteiger partial charge in [0.25, 0.3) is 0 Å². The van der Waals surface area contributed by atoms with Crippen LogP contribution in [0.5, 0.6) is 0 Å². The number of aromatic nitrogens is 1. The zero-order chi connectivity index (χ0) is 8.97. The molecular formula is C9H13NO2. The van der Waals surface area contributed by atoms with E-state index in [1.165, 1.54) is 0 Å². The number of aldehydes is 1. The van der Waals surface area contributed by atoms with Crippen molar-refractivity contribution in [2.24, 2.45) is 5.92 Å². The van der Waals surface area contributed by atoms with Crippen molar-refractivity contribution in [3.8, 4) is 0 Å². The number of hydrogen-bond donors (Lipinski definition) is 0. The molecule has 1 rings (SSSR count). The zero-order valence-corrected chi connectivity index (χ0v) is 7.41. The summed E-state index contributed by atoms with van der Waals surface area (Å²) >= 11 is 0. The second-order valence-corrected chi connectivity index (χ2v) is 3.27. The van der Waals surface area contributed by atoms with Crippen LogP contribution in [0.25, 0.3) is 0 Å². The fourth-order valence-electron chi connectivity index (χ4n) is 0.933. The molecule has 0 spiro atoms. The molecule has 0 saturated carbocycles. The fourth-order valence-corrected chi connectivity index (χ4v) is 0.933. The van der Waals surface area contributed by atoms with Crippen LogP contribution >= 0.6 is 0 Å². The van der Waals surface area contributed by atoms with Crippen LogP contribution in [0.3, 0.4) is 0 Å². The Labute approximate surface area is 71.7 Å². The van der Waals surface area contributed by atoms with Crippen molar-refractivity contribution >= 4 is 6.29 Å². The molecule has 0 amide bonds. The molecule has 3 heteroatoms. The van der Waals surface area contributed by atoms with E-state index in [0.717, 1.165) is 18.6 Å². The lowest BCUT2D eigenvalue weighted by molar-refractivity contribution is 0.111. The van der Waals surface area contributed by atoms with Crippen molar-refractivity contribution in [3.63, 3.8) is 0 Å². The lowest BCUT2D eigenvalue weighted by Gasteiger charge is -1.99. The average molecular weight is 167 g/mol. The highest BCUT2D eigenvalue weighted by molar-refractivity contribution is 5.71. The Hall–Kier alpha value is -1.12. The number of hydrogen-bond acceptors (Lipinski definition) is 3. The Kier molecular flexibility index (Phi) is 3.02. The van der Waals surface area contributed by atoms with Crippen molar-refractivity contribution in [2.75, 3.05) is 0 Å². The minimum atomic E-state index is 0.383. The molecule has 0 atom stereocenters. The molecular weight excluding hydrogens is 154 g/mol. The van der Waals surface area contributed by atoms with Crippen LogP contribution in [0.2, 0.25) is 0 Å². The quantitative estimate of drug-likeness (QED) is 0.645. The standard InChI is InChI=1S/C9H13NO2/c1-7(2)3-4-9-5-8(6-11)10-12-9/h5-7H,3-4H2,1-2H3. The van der Waals surface area contributed by atoms with E-state index in [2.05, 4.69) is 19.0 Å². The summed E-state index contributed by atoms with van der Waals surface area (Å²) in [5, 5.41) is 3.57. The summed E-state index contributed by atoms with van der Waals surface area (Å²) in [5.41, 5.74) is 0.383. The molecule has 0 saturated heterocycles. The van der Waals surface area contributed by atoms with E-state index in [0.29, 0.717) is 17.9 Å². The molecule has 66 valence electrons. The molecule has 0 radical (unpaired) electrons. The first kappa shape index (κ1) is 8.97. The van der Waals surface area contributed by atoms with Gasteiger partial charge in [-0.25, -0.2) is 0 Å². The summed E-state index contributed by atoms with van der Waals surface area (Å²) in [5.74, 6) is 1.44. The first-order chi connectivity index (χ1) is 5.72. The van der Waals surface area contributed by atoms with Crippen LogP contribution < -0.4 is 0 Å². The van der Waals surface area contributed by atoms with Gasteiger partial charge >= 0.3 is 0 Å². The monoisotopic (exact) mass is 167 g/mol. The SMILES string of the molecule is CC(C)CCc1cc(C=O)no1. The topological polar surface area (TPSA) is 43.1 Å². The molecule has 1 heterocycles. The number of rotatable bonds is 4. The highest BCUT2D eigenvalue weighted by Gasteiger charge is 2.03. The van der Waals surface area contributed by atoms with Gasteiger partial charge in [0.05, 0.1) is 0 Å². The summed E-state index contributed by atoms with van der Waals surface area (Å²) in [6, 6.07) is 1.69. The van der Waals surface area contributed by atoms with E-state index in [9.17, 15) is 4.79 Å². The molecule has 3 nitrogen and oxygen atoms in total. The molecule has 0 aliphatic heterocycles. The minimum absolute atomic E-state index is 0.383. The maximum Gasteiger partial charge on any atom is 0.171 e. The summed E-state index contributed by atoms with van der Waals surface area (Å²) in [7, 11) is 0. The predicted octanol–water partition coefficient (Wildman–Crippen LogP) is 2.08. The fraction of sp³-hybridized carbons (Fsp3) is 0.556. The molecule has 12 heavy (non-hydrogen) atoms. The maximum absolute atomic E-state index is 10.2. The Morgan fingerprint density at radius 3 is 2.92 bits per heavy atom. The third-order valence-electron chi connectivity index (χ3n) is 1.67. The average Bonchev–Trinajstić information content (AvgIpc) is 2.48. The van der Waals surface area contributed by atoms with E-state index >= 15 is 0 Å². The predicted molar refractivity (Wildman–Crippen MR) is 45.0 cm³/mol. The van der Waals surface area contributed by atoms with Gasteiger partial charge in [0, 0.05) is 12.5 Å². The minimum Gasteiger partial charge on any atom is -0.361 e. The first-order valence-corrected chi connectivity index (χ1v) is 4.13. The van der Waals surface area contributed by atoms with Crippen LogP contribution in [0, 0.1) is 5.92 Å². The van der Waals surface area contributed by atoms with Crippen LogP contribution in [0.15, 0.2) is 10.6 Å². The van der Waals surface area contributed by atoms with Crippen molar-refractivity contribution in [2.45, 2.75) is 26.7 Å². The number of carbonyl (C=O) groups is 1. The smallest absolute Gasteiger partial charge is 0.171 e. The Morgan fingerprint density at radius 1 is 1.67 bits per heavy atom. The molecule has 1 aromatic heterocycles. The molecule has 0 unspecified atom stereocenters. The van der Waals surface area contributed by atoms with Gasteiger partial charge < -0.3 is 4.52 Å². The summed E-state index contributed by atoms with van der Waals surface area (Å²) in [6.07, 6.45) is 2.62. The van der Waals surface area contributed by atoms with Crippen LogP contribution in [0.1, 0.15) is 36.5 Å². The van der Waals surface area contributed by atoms with Gasteiger partial charge in [-0.3, -0.25) is 4.79 Å². The highest BCUT2D eigenvalue weighted by atomic mass is 16.5. The second-order valence-electron chi connectivity index (χ2n) is 3.27. The first-order valence-electron chi connectivity index (χ1n) is 4.13. The van der Waals surface area contributed by atoms with Gasteiger partial charge in [-0.1, -0.05) is 19.0 Å². The zero-order valence-electron chi connectivity index (χ0n) is 7.41. The Bertz CT molecular complexity index is 253. The van der Waals surface area contributed by atoms with E-state index in [1.807, 2.05) is 0 Å². The van der Waals surface area contributed by atoms with E-state index in [1.54, 1.807) is 6.07 Å². The summed E-state index contributed by atoms with van der Waals surface area (Å²) < 4.78 is 4.92.